The zero-order valence-electron chi connectivity index (χ0n) is 10.8. The molecular weight excluding hydrogens is 200 g/mol. The Morgan fingerprint density at radius 3 is 2.06 bits per heavy atom. The molecule has 0 atom stereocenters. The maximum absolute atomic E-state index is 12.4. The molecule has 2 rings (SSSR count). The molecule has 0 aliphatic heterocycles. The molecule has 2 heteroatoms. The van der Waals surface area contributed by atoms with Crippen LogP contribution in [0.2, 0.25) is 0 Å². The summed E-state index contributed by atoms with van der Waals surface area (Å²) in [5.74, 6) is 0.706. The first-order valence-electron chi connectivity index (χ1n) is 6.59. The highest BCUT2D eigenvalue weighted by molar-refractivity contribution is 5.90. The van der Waals surface area contributed by atoms with E-state index in [9.17, 15) is 4.79 Å². The number of methoxy groups -OCH3 is 1. The zero-order valence-corrected chi connectivity index (χ0v) is 10.8. The standard InChI is InChI=1S/C14H24O2/c1-13(2)7-9-14(16-3,10-8-13)12(15)11-5-4-6-11/h11H,4-10H2,1-3H3. The van der Waals surface area contributed by atoms with Crippen LogP contribution in [0.25, 0.3) is 0 Å². The van der Waals surface area contributed by atoms with Crippen molar-refractivity contribution in [2.24, 2.45) is 11.3 Å². The highest BCUT2D eigenvalue weighted by Crippen LogP contribution is 2.45. The topological polar surface area (TPSA) is 26.3 Å². The van der Waals surface area contributed by atoms with Gasteiger partial charge in [0.1, 0.15) is 5.60 Å². The largest absolute Gasteiger partial charge is 0.370 e. The summed E-state index contributed by atoms with van der Waals surface area (Å²) in [7, 11) is 1.72. The normalized spacial score (nSPS) is 28.4. The molecule has 0 amide bonds. The number of hydrogen-bond acceptors (Lipinski definition) is 2. The van der Waals surface area contributed by atoms with Crippen LogP contribution in [0.1, 0.15) is 58.8 Å². The van der Waals surface area contributed by atoms with E-state index in [2.05, 4.69) is 13.8 Å². The Morgan fingerprint density at radius 1 is 1.12 bits per heavy atom. The van der Waals surface area contributed by atoms with E-state index in [0.717, 1.165) is 38.5 Å². The Bertz CT molecular complexity index is 266. The molecule has 2 aliphatic rings. The van der Waals surface area contributed by atoms with Gasteiger partial charge < -0.3 is 4.74 Å². The van der Waals surface area contributed by atoms with Crippen molar-refractivity contribution >= 4 is 5.78 Å². The molecule has 2 nitrogen and oxygen atoms in total. The highest BCUT2D eigenvalue weighted by atomic mass is 16.5. The van der Waals surface area contributed by atoms with Gasteiger partial charge in [-0.05, 0) is 43.9 Å². The lowest BCUT2D eigenvalue weighted by Crippen LogP contribution is -2.49. The van der Waals surface area contributed by atoms with Gasteiger partial charge in [-0.25, -0.2) is 0 Å². The summed E-state index contributed by atoms with van der Waals surface area (Å²) in [4.78, 5) is 12.4. The molecular formula is C14H24O2. The maximum Gasteiger partial charge on any atom is 0.167 e. The Kier molecular flexibility index (Phi) is 3.13. The van der Waals surface area contributed by atoms with Gasteiger partial charge in [0.2, 0.25) is 0 Å². The summed E-state index contributed by atoms with van der Waals surface area (Å²) in [5, 5.41) is 0. The van der Waals surface area contributed by atoms with E-state index < -0.39 is 5.60 Å². The van der Waals surface area contributed by atoms with Gasteiger partial charge >= 0.3 is 0 Å². The Labute approximate surface area is 98.7 Å². The maximum atomic E-state index is 12.4. The minimum absolute atomic E-state index is 0.307. The van der Waals surface area contributed by atoms with Gasteiger partial charge in [0.25, 0.3) is 0 Å². The van der Waals surface area contributed by atoms with Crippen LogP contribution >= 0.6 is 0 Å². The molecule has 2 fully saturated rings. The molecule has 0 saturated heterocycles. The van der Waals surface area contributed by atoms with E-state index in [1.54, 1.807) is 7.11 Å². The molecule has 0 bridgehead atoms. The van der Waals surface area contributed by atoms with Crippen molar-refractivity contribution < 1.29 is 9.53 Å². The first-order valence-corrected chi connectivity index (χ1v) is 6.59. The second kappa shape index (κ2) is 4.14. The smallest absolute Gasteiger partial charge is 0.167 e. The first-order chi connectivity index (χ1) is 7.49. The summed E-state index contributed by atoms with van der Waals surface area (Å²) >= 11 is 0. The van der Waals surface area contributed by atoms with Gasteiger partial charge in [-0.2, -0.15) is 0 Å². The van der Waals surface area contributed by atoms with Crippen molar-refractivity contribution in [1.29, 1.82) is 0 Å². The van der Waals surface area contributed by atoms with Gasteiger partial charge in [0.05, 0.1) is 0 Å². The minimum Gasteiger partial charge on any atom is -0.370 e. The van der Waals surface area contributed by atoms with Crippen molar-refractivity contribution in [1.82, 2.24) is 0 Å². The first kappa shape index (κ1) is 12.1. The Morgan fingerprint density at radius 2 is 1.69 bits per heavy atom. The fourth-order valence-corrected chi connectivity index (χ4v) is 2.92. The highest BCUT2D eigenvalue weighted by Gasteiger charge is 2.47. The van der Waals surface area contributed by atoms with Gasteiger partial charge in [0.15, 0.2) is 5.78 Å². The quantitative estimate of drug-likeness (QED) is 0.735. The molecule has 0 aromatic heterocycles. The molecule has 0 spiro atoms. The number of carbonyl (C=O) groups excluding carboxylic acids is 1. The van der Waals surface area contributed by atoms with Crippen molar-refractivity contribution in [3.05, 3.63) is 0 Å². The van der Waals surface area contributed by atoms with Gasteiger partial charge in [-0.3, -0.25) is 4.79 Å². The Balaban J connectivity index is 2.05. The fraction of sp³-hybridized carbons (Fsp3) is 0.929. The number of ether oxygens (including phenoxy) is 1. The van der Waals surface area contributed by atoms with E-state index >= 15 is 0 Å². The Hall–Kier alpha value is -0.370. The third-order valence-corrected chi connectivity index (χ3v) is 4.73. The van der Waals surface area contributed by atoms with E-state index in [-0.39, 0.29) is 0 Å². The van der Waals surface area contributed by atoms with E-state index in [0.29, 0.717) is 17.1 Å². The monoisotopic (exact) mass is 224 g/mol. The van der Waals surface area contributed by atoms with E-state index in [4.69, 9.17) is 4.74 Å². The van der Waals surface area contributed by atoms with Gasteiger partial charge in [-0.1, -0.05) is 20.3 Å². The number of Topliss-reactive ketones (excluding diaryl/α,β-unsaturated/α-hetero) is 1. The predicted octanol–water partition coefficient (Wildman–Crippen LogP) is 3.34. The van der Waals surface area contributed by atoms with Crippen molar-refractivity contribution in [2.45, 2.75) is 64.4 Å². The third kappa shape index (κ3) is 2.04. The summed E-state index contributed by atoms with van der Waals surface area (Å²) in [5.41, 5.74) is -0.0392. The van der Waals surface area contributed by atoms with Gasteiger partial charge in [0, 0.05) is 13.0 Å². The lowest BCUT2D eigenvalue weighted by atomic mass is 9.65. The average molecular weight is 224 g/mol. The van der Waals surface area contributed by atoms with Gasteiger partial charge in [-0.15, -0.1) is 0 Å². The van der Waals surface area contributed by atoms with Crippen LogP contribution in [0.4, 0.5) is 0 Å². The van der Waals surface area contributed by atoms with Crippen molar-refractivity contribution in [3.63, 3.8) is 0 Å². The molecule has 2 saturated carbocycles. The molecule has 0 aromatic rings. The number of rotatable bonds is 3. The summed E-state index contributed by atoms with van der Waals surface area (Å²) < 4.78 is 5.64. The van der Waals surface area contributed by atoms with Crippen LogP contribution in [0, 0.1) is 11.3 Å². The zero-order chi connectivity index (χ0) is 11.8. The second-order valence-corrected chi connectivity index (χ2v) is 6.35. The fourth-order valence-electron chi connectivity index (χ4n) is 2.92. The van der Waals surface area contributed by atoms with Crippen LogP contribution in [0.3, 0.4) is 0 Å². The average Bonchev–Trinajstić information content (AvgIpc) is 2.16. The second-order valence-electron chi connectivity index (χ2n) is 6.35. The van der Waals surface area contributed by atoms with E-state index in [1.165, 1.54) is 6.42 Å². The van der Waals surface area contributed by atoms with E-state index in [1.807, 2.05) is 0 Å². The summed E-state index contributed by atoms with van der Waals surface area (Å²) in [6, 6.07) is 0. The SMILES string of the molecule is COC1(C(=O)C2CCC2)CCC(C)(C)CC1. The molecule has 0 heterocycles. The van der Waals surface area contributed by atoms with Crippen LogP contribution in [-0.4, -0.2) is 18.5 Å². The van der Waals surface area contributed by atoms with Crippen LogP contribution in [0.15, 0.2) is 0 Å². The third-order valence-electron chi connectivity index (χ3n) is 4.73. The van der Waals surface area contributed by atoms with Crippen LogP contribution < -0.4 is 0 Å². The minimum atomic E-state index is -0.430. The molecule has 16 heavy (non-hydrogen) atoms. The summed E-state index contributed by atoms with van der Waals surface area (Å²) in [6.07, 6.45) is 7.47. The number of ketones is 1. The van der Waals surface area contributed by atoms with Crippen molar-refractivity contribution in [2.75, 3.05) is 7.11 Å². The number of hydrogen-bond donors (Lipinski definition) is 0. The predicted molar refractivity (Wildman–Crippen MR) is 64.3 cm³/mol. The van der Waals surface area contributed by atoms with Crippen LogP contribution in [-0.2, 0) is 9.53 Å². The molecule has 0 unspecified atom stereocenters. The van der Waals surface area contributed by atoms with Crippen molar-refractivity contribution in [3.8, 4) is 0 Å². The lowest BCUT2D eigenvalue weighted by Gasteiger charge is -2.44. The molecule has 0 N–H and O–H groups in total. The lowest BCUT2D eigenvalue weighted by molar-refractivity contribution is -0.155. The summed E-state index contributed by atoms with van der Waals surface area (Å²) in [6.45, 7) is 4.58. The molecule has 0 aromatic carbocycles. The molecule has 0 radical (unpaired) electrons. The molecule has 2 aliphatic carbocycles. The number of carbonyl (C=O) groups is 1. The van der Waals surface area contributed by atoms with Crippen LogP contribution in [0.5, 0.6) is 0 Å². The molecule has 92 valence electrons.